The summed E-state index contributed by atoms with van der Waals surface area (Å²) in [6.45, 7) is 3.39. The molecule has 6 bridgehead atoms. The lowest BCUT2D eigenvalue weighted by molar-refractivity contribution is -0.00953. The number of benzene rings is 2. The van der Waals surface area contributed by atoms with E-state index in [2.05, 4.69) is 34.9 Å². The third kappa shape index (κ3) is 9.29. The first-order valence-electron chi connectivity index (χ1n) is 13.1. The lowest BCUT2D eigenvalue weighted by atomic mass is 9.94. The topological polar surface area (TPSA) is 114 Å². The van der Waals surface area contributed by atoms with Crippen LogP contribution in [0.3, 0.4) is 0 Å². The molecular weight excluding hydrogens is 492 g/mol. The quantitative estimate of drug-likeness (QED) is 0.532. The average molecular weight is 529 g/mol. The fraction of sp³-hybridized carbons (Fsp3) is 0.500. The second-order valence-corrected chi connectivity index (χ2v) is 8.95. The van der Waals surface area contributed by atoms with Gasteiger partial charge in [0.1, 0.15) is 13.2 Å². The Kier molecular flexibility index (Phi) is 11.2. The van der Waals surface area contributed by atoms with Crippen LogP contribution in [-0.4, -0.2) is 78.3 Å². The van der Waals surface area contributed by atoms with Crippen molar-refractivity contribution in [2.45, 2.75) is 25.7 Å². The first-order valence-corrected chi connectivity index (χ1v) is 13.1. The maximum atomic E-state index is 12.4. The second-order valence-electron chi connectivity index (χ2n) is 8.95. The Balaban J connectivity index is 1.43. The average Bonchev–Trinajstić information content (AvgIpc) is 2.90. The minimum Gasteiger partial charge on any atom is -0.447 e. The van der Waals surface area contributed by atoms with Crippen molar-refractivity contribution in [1.82, 2.24) is 0 Å². The van der Waals surface area contributed by atoms with Gasteiger partial charge in [0, 0.05) is 11.4 Å². The van der Waals surface area contributed by atoms with Crippen LogP contribution in [0.25, 0.3) is 0 Å². The molecule has 10 heteroatoms. The number of cyclic esters (lactones) is 2. The van der Waals surface area contributed by atoms with Gasteiger partial charge in [0.15, 0.2) is 0 Å². The number of carbonyl (C=O) groups is 2. The van der Waals surface area contributed by atoms with Gasteiger partial charge < -0.3 is 28.4 Å². The summed E-state index contributed by atoms with van der Waals surface area (Å²) >= 11 is 0. The third-order valence-corrected chi connectivity index (χ3v) is 6.23. The summed E-state index contributed by atoms with van der Waals surface area (Å²) in [4.78, 5) is 24.9. The number of anilines is 2. The van der Waals surface area contributed by atoms with Crippen molar-refractivity contribution in [3.05, 3.63) is 58.7 Å². The first-order chi connectivity index (χ1) is 18.7. The SMILES string of the molecule is O=C1Nc2cc3ccc2CCc2ccc(c(c2)NC(=O)OCCOCCOCCOCCOCCO1)CC3. The van der Waals surface area contributed by atoms with E-state index in [9.17, 15) is 9.59 Å². The minimum absolute atomic E-state index is 0.147. The van der Waals surface area contributed by atoms with Crippen LogP contribution in [0.2, 0.25) is 0 Å². The molecule has 206 valence electrons. The molecule has 0 fully saturated rings. The van der Waals surface area contributed by atoms with E-state index in [4.69, 9.17) is 28.4 Å². The van der Waals surface area contributed by atoms with E-state index in [1.54, 1.807) is 0 Å². The maximum Gasteiger partial charge on any atom is 0.411 e. The van der Waals surface area contributed by atoms with Gasteiger partial charge in [0.05, 0.1) is 52.9 Å². The van der Waals surface area contributed by atoms with Crippen molar-refractivity contribution in [3.8, 4) is 0 Å². The molecule has 38 heavy (non-hydrogen) atoms. The van der Waals surface area contributed by atoms with Crippen molar-refractivity contribution in [1.29, 1.82) is 0 Å². The van der Waals surface area contributed by atoms with Gasteiger partial charge in [0.2, 0.25) is 0 Å². The minimum atomic E-state index is -0.512. The Labute approximate surface area is 222 Å². The molecule has 2 aromatic carbocycles. The largest absolute Gasteiger partial charge is 0.447 e. The summed E-state index contributed by atoms with van der Waals surface area (Å²) in [5.41, 5.74) is 5.67. The van der Waals surface area contributed by atoms with Gasteiger partial charge >= 0.3 is 12.2 Å². The zero-order valence-electron chi connectivity index (χ0n) is 21.6. The molecule has 7 rings (SSSR count). The van der Waals surface area contributed by atoms with E-state index in [1.165, 1.54) is 0 Å². The highest BCUT2D eigenvalue weighted by Crippen LogP contribution is 2.26. The number of aryl methyl sites for hydroxylation is 4. The van der Waals surface area contributed by atoms with Crippen LogP contribution in [0.15, 0.2) is 36.4 Å². The zero-order valence-corrected chi connectivity index (χ0v) is 21.6. The predicted octanol–water partition coefficient (Wildman–Crippen LogP) is 3.75. The lowest BCUT2D eigenvalue weighted by Gasteiger charge is -2.17. The second kappa shape index (κ2) is 15.3. The van der Waals surface area contributed by atoms with Crippen LogP contribution >= 0.6 is 0 Å². The molecular formula is C28H36N2O8. The molecule has 1 heterocycles. The molecule has 0 saturated heterocycles. The number of nitrogens with one attached hydrogen (secondary N) is 2. The van der Waals surface area contributed by atoms with Gasteiger partial charge in [-0.1, -0.05) is 24.3 Å². The molecule has 10 nitrogen and oxygen atoms in total. The molecule has 4 aliphatic carbocycles. The molecule has 0 spiro atoms. The molecule has 1 aliphatic heterocycles. The smallest absolute Gasteiger partial charge is 0.411 e. The molecule has 2 amide bonds. The van der Waals surface area contributed by atoms with Crippen LogP contribution in [0.1, 0.15) is 22.3 Å². The van der Waals surface area contributed by atoms with Gasteiger partial charge in [-0.05, 0) is 60.1 Å². The van der Waals surface area contributed by atoms with Crippen LogP contribution in [0.5, 0.6) is 0 Å². The molecule has 2 N–H and O–H groups in total. The summed E-state index contributed by atoms with van der Waals surface area (Å²) in [5, 5.41) is 5.80. The van der Waals surface area contributed by atoms with Crippen LogP contribution in [0, 0.1) is 0 Å². The highest BCUT2D eigenvalue weighted by atomic mass is 16.6. The molecule has 2 aromatic rings. The number of rotatable bonds is 0. The van der Waals surface area contributed by atoms with E-state index >= 15 is 0 Å². The lowest BCUT2D eigenvalue weighted by Crippen LogP contribution is -2.19. The van der Waals surface area contributed by atoms with Gasteiger partial charge in [-0.2, -0.15) is 0 Å². The summed E-state index contributed by atoms with van der Waals surface area (Å²) in [6.07, 6.45) is 1.87. The number of carbonyl (C=O) groups excluding carboxylic acids is 2. The molecule has 0 saturated carbocycles. The van der Waals surface area contributed by atoms with Crippen molar-refractivity contribution in [3.63, 3.8) is 0 Å². The summed E-state index contributed by atoms with van der Waals surface area (Å²) in [7, 11) is 0. The molecule has 0 unspecified atom stereocenters. The van der Waals surface area contributed by atoms with Crippen LogP contribution in [-0.2, 0) is 54.1 Å². The van der Waals surface area contributed by atoms with Crippen molar-refractivity contribution < 1.29 is 38.0 Å². The third-order valence-electron chi connectivity index (χ3n) is 6.23. The molecule has 5 aliphatic rings. The summed E-state index contributed by atoms with van der Waals surface area (Å²) < 4.78 is 32.4. The van der Waals surface area contributed by atoms with Crippen molar-refractivity contribution in [2.75, 3.05) is 76.7 Å². The molecule has 0 radical (unpaired) electrons. The fourth-order valence-corrected chi connectivity index (χ4v) is 4.23. The van der Waals surface area contributed by atoms with Crippen molar-refractivity contribution >= 4 is 23.6 Å². The Hall–Kier alpha value is -3.18. The normalized spacial score (nSPS) is 19.2. The highest BCUT2D eigenvalue weighted by Gasteiger charge is 2.14. The molecule has 0 aromatic heterocycles. The van der Waals surface area contributed by atoms with E-state index in [-0.39, 0.29) is 26.4 Å². The van der Waals surface area contributed by atoms with E-state index < -0.39 is 12.2 Å². The van der Waals surface area contributed by atoms with Gasteiger partial charge in [-0.15, -0.1) is 0 Å². The van der Waals surface area contributed by atoms with E-state index in [0.717, 1.165) is 46.5 Å². The highest BCUT2D eigenvalue weighted by molar-refractivity contribution is 5.86. The standard InChI is InChI=1S/C28H36N2O8/c31-27-29-25-19-21-1-5-23(25)8-4-22-2-6-24(7-3-21)26(20-22)30-28(32)38-18-16-36-14-12-34-10-9-33-11-13-35-15-17-37-27/h1-2,5-6,19-20H,3-4,7-18H2,(H,29,31)(H,30,32). The fourth-order valence-electron chi connectivity index (χ4n) is 4.23. The van der Waals surface area contributed by atoms with Crippen LogP contribution in [0.4, 0.5) is 21.0 Å². The number of hydrogen-bond acceptors (Lipinski definition) is 8. The monoisotopic (exact) mass is 528 g/mol. The van der Waals surface area contributed by atoms with E-state index in [1.807, 2.05) is 12.1 Å². The summed E-state index contributed by atoms with van der Waals surface area (Å²) in [5.74, 6) is 0. The molecule has 0 atom stereocenters. The van der Waals surface area contributed by atoms with Crippen LogP contribution < -0.4 is 10.6 Å². The predicted molar refractivity (Wildman–Crippen MR) is 141 cm³/mol. The number of ether oxygens (including phenoxy) is 6. The Bertz CT molecular complexity index is 978. The van der Waals surface area contributed by atoms with Gasteiger partial charge in [-0.25, -0.2) is 9.59 Å². The first kappa shape index (κ1) is 27.8. The van der Waals surface area contributed by atoms with Crippen molar-refractivity contribution in [2.24, 2.45) is 0 Å². The Morgan fingerprint density at radius 2 is 0.842 bits per heavy atom. The van der Waals surface area contributed by atoms with Gasteiger partial charge in [0.25, 0.3) is 0 Å². The van der Waals surface area contributed by atoms with E-state index in [0.29, 0.717) is 52.5 Å². The zero-order chi connectivity index (χ0) is 26.4. The Morgan fingerprint density at radius 1 is 0.474 bits per heavy atom. The van der Waals surface area contributed by atoms with Gasteiger partial charge in [-0.3, -0.25) is 10.6 Å². The summed E-state index contributed by atoms with van der Waals surface area (Å²) in [6, 6.07) is 12.3. The number of hydrogen-bond donors (Lipinski definition) is 2. The Morgan fingerprint density at radius 3 is 1.24 bits per heavy atom. The maximum absolute atomic E-state index is 12.4. The number of amides is 2.